The molecule has 0 aliphatic heterocycles. The molecule has 0 unspecified atom stereocenters. The van der Waals surface area contributed by atoms with Crippen LogP contribution in [-0.2, 0) is 17.8 Å². The number of carbonyl (C=O) groups excluding carboxylic acids is 1. The minimum Gasteiger partial charge on any atom is -0.464 e. The molecule has 1 amide bonds. The van der Waals surface area contributed by atoms with Gasteiger partial charge in [-0.1, -0.05) is 36.4 Å². The molecule has 0 fully saturated rings. The average molecular weight is 312 g/mol. The molecule has 2 rings (SSSR count). The van der Waals surface area contributed by atoms with Gasteiger partial charge >= 0.3 is 0 Å². The van der Waals surface area contributed by atoms with Crippen molar-refractivity contribution in [3.05, 3.63) is 72.2 Å². The monoisotopic (exact) mass is 312 g/mol. The van der Waals surface area contributed by atoms with E-state index in [4.69, 9.17) is 4.42 Å². The van der Waals surface area contributed by atoms with Crippen molar-refractivity contribution >= 4 is 5.91 Å². The molecule has 122 valence electrons. The van der Waals surface area contributed by atoms with Gasteiger partial charge in [0.2, 0.25) is 5.91 Å². The van der Waals surface area contributed by atoms with Gasteiger partial charge in [-0.2, -0.15) is 0 Å². The largest absolute Gasteiger partial charge is 0.464 e. The molecule has 2 aromatic rings. The van der Waals surface area contributed by atoms with Gasteiger partial charge in [-0.25, -0.2) is 0 Å². The van der Waals surface area contributed by atoms with Crippen LogP contribution >= 0.6 is 0 Å². The van der Waals surface area contributed by atoms with Crippen LogP contribution in [0.1, 0.15) is 17.1 Å². The zero-order valence-electron chi connectivity index (χ0n) is 13.6. The van der Waals surface area contributed by atoms with E-state index in [0.717, 1.165) is 17.9 Å². The van der Waals surface area contributed by atoms with Crippen LogP contribution in [0.2, 0.25) is 0 Å². The van der Waals surface area contributed by atoms with E-state index >= 15 is 0 Å². The quantitative estimate of drug-likeness (QED) is 0.572. The lowest BCUT2D eigenvalue weighted by Crippen LogP contribution is -2.39. The lowest BCUT2D eigenvalue weighted by atomic mass is 10.1. The summed E-state index contributed by atoms with van der Waals surface area (Å²) in [6, 6.07) is 14.0. The number of rotatable bonds is 9. The maximum absolute atomic E-state index is 12.4. The summed E-state index contributed by atoms with van der Waals surface area (Å²) in [5.41, 5.74) is 1.22. The normalized spacial score (nSPS) is 10.5. The van der Waals surface area contributed by atoms with Crippen LogP contribution in [0.3, 0.4) is 0 Å². The summed E-state index contributed by atoms with van der Waals surface area (Å²) < 4.78 is 5.61. The van der Waals surface area contributed by atoms with Crippen LogP contribution in [0, 0.1) is 6.92 Å². The number of carbonyl (C=O) groups is 1. The van der Waals surface area contributed by atoms with Crippen molar-refractivity contribution in [1.82, 2.24) is 10.2 Å². The van der Waals surface area contributed by atoms with Crippen LogP contribution in [0.25, 0.3) is 0 Å². The van der Waals surface area contributed by atoms with E-state index in [0.29, 0.717) is 26.2 Å². The van der Waals surface area contributed by atoms with Gasteiger partial charge < -0.3 is 14.6 Å². The molecule has 0 bridgehead atoms. The highest BCUT2D eigenvalue weighted by Gasteiger charge is 2.15. The highest BCUT2D eigenvalue weighted by atomic mass is 16.3. The lowest BCUT2D eigenvalue weighted by molar-refractivity contribution is -0.131. The lowest BCUT2D eigenvalue weighted by Gasteiger charge is -2.22. The average Bonchev–Trinajstić information content (AvgIpc) is 2.97. The molecule has 0 aliphatic rings. The van der Waals surface area contributed by atoms with E-state index in [1.165, 1.54) is 5.56 Å². The molecule has 0 atom stereocenters. The number of nitrogens with zero attached hydrogens (tertiary/aromatic N) is 1. The maximum atomic E-state index is 12.4. The third-order valence-corrected chi connectivity index (χ3v) is 3.57. The molecule has 0 saturated carbocycles. The van der Waals surface area contributed by atoms with Crippen molar-refractivity contribution in [2.45, 2.75) is 19.9 Å². The van der Waals surface area contributed by atoms with Crippen molar-refractivity contribution in [3.8, 4) is 0 Å². The van der Waals surface area contributed by atoms with Crippen LogP contribution < -0.4 is 5.32 Å². The fourth-order valence-electron chi connectivity index (χ4n) is 2.35. The first kappa shape index (κ1) is 17.0. The second kappa shape index (κ2) is 8.96. The highest BCUT2D eigenvalue weighted by molar-refractivity contribution is 5.78. The highest BCUT2D eigenvalue weighted by Crippen LogP contribution is 2.11. The minimum absolute atomic E-state index is 0.0665. The zero-order chi connectivity index (χ0) is 16.5. The Morgan fingerprint density at radius 2 is 2.04 bits per heavy atom. The van der Waals surface area contributed by atoms with Crippen molar-refractivity contribution in [1.29, 1.82) is 0 Å². The summed E-state index contributed by atoms with van der Waals surface area (Å²) in [6.07, 6.45) is 2.57. The number of amides is 1. The predicted molar refractivity (Wildman–Crippen MR) is 92.1 cm³/mol. The first-order chi connectivity index (χ1) is 11.2. The second-order valence-electron chi connectivity index (χ2n) is 5.48. The summed E-state index contributed by atoms with van der Waals surface area (Å²) in [5.74, 6) is 1.74. The van der Waals surface area contributed by atoms with Gasteiger partial charge in [0.05, 0.1) is 13.1 Å². The molecule has 1 aromatic carbocycles. The molecule has 1 heterocycles. The fourth-order valence-corrected chi connectivity index (χ4v) is 2.35. The van der Waals surface area contributed by atoms with Crippen molar-refractivity contribution in [3.63, 3.8) is 0 Å². The van der Waals surface area contributed by atoms with E-state index in [9.17, 15) is 4.79 Å². The number of furan rings is 1. The van der Waals surface area contributed by atoms with E-state index in [-0.39, 0.29) is 5.91 Å². The smallest absolute Gasteiger partial charge is 0.236 e. The van der Waals surface area contributed by atoms with Crippen LogP contribution in [0.4, 0.5) is 0 Å². The maximum Gasteiger partial charge on any atom is 0.236 e. The molecule has 1 N–H and O–H groups in total. The number of aryl methyl sites for hydroxylation is 1. The Morgan fingerprint density at radius 3 is 2.70 bits per heavy atom. The Labute approximate surface area is 137 Å². The predicted octanol–water partition coefficient (Wildman–Crippen LogP) is 2.93. The van der Waals surface area contributed by atoms with E-state index < -0.39 is 0 Å². The molecule has 1 aromatic heterocycles. The molecule has 23 heavy (non-hydrogen) atoms. The van der Waals surface area contributed by atoms with Crippen molar-refractivity contribution in [2.24, 2.45) is 0 Å². The minimum atomic E-state index is 0.0665. The van der Waals surface area contributed by atoms with Crippen LogP contribution in [0.5, 0.6) is 0 Å². The van der Waals surface area contributed by atoms with Crippen LogP contribution in [-0.4, -0.2) is 30.4 Å². The van der Waals surface area contributed by atoms with Gasteiger partial charge in [-0.15, -0.1) is 6.58 Å². The zero-order valence-corrected chi connectivity index (χ0v) is 13.6. The van der Waals surface area contributed by atoms with E-state index in [1.807, 2.05) is 42.2 Å². The van der Waals surface area contributed by atoms with Gasteiger partial charge in [-0.3, -0.25) is 4.79 Å². The van der Waals surface area contributed by atoms with Gasteiger partial charge in [0.25, 0.3) is 0 Å². The summed E-state index contributed by atoms with van der Waals surface area (Å²) in [4.78, 5) is 14.3. The Morgan fingerprint density at radius 1 is 1.26 bits per heavy atom. The Bertz CT molecular complexity index is 619. The van der Waals surface area contributed by atoms with Gasteiger partial charge in [0, 0.05) is 13.1 Å². The molecular weight excluding hydrogens is 288 g/mol. The number of benzene rings is 1. The van der Waals surface area contributed by atoms with E-state index in [2.05, 4.69) is 24.0 Å². The Hall–Kier alpha value is -2.33. The number of nitrogens with one attached hydrogen (secondary N) is 1. The van der Waals surface area contributed by atoms with Gasteiger partial charge in [0.15, 0.2) is 0 Å². The van der Waals surface area contributed by atoms with Gasteiger partial charge in [0.1, 0.15) is 11.5 Å². The SMILES string of the molecule is C=CCNCC(=O)N(CCc1ccccc1)Cc1ccc(C)o1. The first-order valence-corrected chi connectivity index (χ1v) is 7.87. The van der Waals surface area contributed by atoms with Crippen LogP contribution in [0.15, 0.2) is 59.5 Å². The number of hydrogen-bond acceptors (Lipinski definition) is 3. The molecule has 4 nitrogen and oxygen atoms in total. The first-order valence-electron chi connectivity index (χ1n) is 7.87. The molecule has 4 heteroatoms. The molecule has 0 spiro atoms. The molecule has 0 aliphatic carbocycles. The molecule has 0 saturated heterocycles. The third kappa shape index (κ3) is 5.75. The summed E-state index contributed by atoms with van der Waals surface area (Å²) in [6.45, 7) is 7.64. The summed E-state index contributed by atoms with van der Waals surface area (Å²) in [5, 5.41) is 3.06. The van der Waals surface area contributed by atoms with Crippen molar-refractivity contribution in [2.75, 3.05) is 19.6 Å². The second-order valence-corrected chi connectivity index (χ2v) is 5.48. The Kier molecular flexibility index (Phi) is 6.63. The summed E-state index contributed by atoms with van der Waals surface area (Å²) in [7, 11) is 0. The Balaban J connectivity index is 1.97. The summed E-state index contributed by atoms with van der Waals surface area (Å²) >= 11 is 0. The van der Waals surface area contributed by atoms with E-state index in [1.54, 1.807) is 6.08 Å². The van der Waals surface area contributed by atoms with Gasteiger partial charge in [-0.05, 0) is 31.0 Å². The topological polar surface area (TPSA) is 45.5 Å². The molecule has 0 radical (unpaired) electrons. The number of hydrogen-bond donors (Lipinski definition) is 1. The standard InChI is InChI=1S/C19H24N2O2/c1-3-12-20-14-19(22)21(15-18-10-9-16(2)23-18)13-11-17-7-5-4-6-8-17/h3-10,20H,1,11-15H2,2H3. The van der Waals surface area contributed by atoms with Crippen molar-refractivity contribution < 1.29 is 9.21 Å². The molecular formula is C19H24N2O2. The fraction of sp³-hybridized carbons (Fsp3) is 0.316. The third-order valence-electron chi connectivity index (χ3n) is 3.57.